The molecule has 154 valence electrons. The molecule has 1 saturated heterocycles. The van der Waals surface area contributed by atoms with E-state index in [4.69, 9.17) is 19.2 Å². The van der Waals surface area contributed by atoms with Gasteiger partial charge in [0.15, 0.2) is 0 Å². The molecule has 0 spiro atoms. The molecule has 1 amide bonds. The molecule has 2 aromatic rings. The second-order valence-electron chi connectivity index (χ2n) is 7.18. The predicted molar refractivity (Wildman–Crippen MR) is 113 cm³/mol. The van der Waals surface area contributed by atoms with Crippen LogP contribution >= 0.6 is 0 Å². The third-order valence-corrected chi connectivity index (χ3v) is 5.47. The van der Waals surface area contributed by atoms with E-state index in [-0.39, 0.29) is 18.7 Å². The van der Waals surface area contributed by atoms with E-state index in [0.29, 0.717) is 19.5 Å². The Bertz CT molecular complexity index is 840. The topological polar surface area (TPSA) is 60.4 Å². The van der Waals surface area contributed by atoms with Gasteiger partial charge in [-0.2, -0.15) is 0 Å². The number of ether oxygens (including phenoxy) is 3. The molecular formula is C23H28N2O4. The molecule has 6 heteroatoms. The van der Waals surface area contributed by atoms with E-state index >= 15 is 0 Å². The molecule has 3 rings (SSSR count). The summed E-state index contributed by atoms with van der Waals surface area (Å²) < 4.78 is 16.7. The molecule has 1 aliphatic rings. The highest BCUT2D eigenvalue weighted by Crippen LogP contribution is 2.31. The molecule has 2 aromatic carbocycles. The molecule has 0 aliphatic carbocycles. The molecule has 1 heterocycles. The van der Waals surface area contributed by atoms with E-state index in [2.05, 4.69) is 0 Å². The second kappa shape index (κ2) is 9.56. The number of aliphatic imine (C=N–C) groups is 1. The number of amides is 1. The van der Waals surface area contributed by atoms with Crippen molar-refractivity contribution in [2.24, 2.45) is 4.99 Å². The first-order chi connectivity index (χ1) is 14.1. The summed E-state index contributed by atoms with van der Waals surface area (Å²) in [6, 6.07) is 17.3. The predicted octanol–water partition coefficient (Wildman–Crippen LogP) is 3.93. The van der Waals surface area contributed by atoms with Gasteiger partial charge >= 0.3 is 6.09 Å². The van der Waals surface area contributed by atoms with Crippen molar-refractivity contribution >= 4 is 12.3 Å². The number of hydrogen-bond acceptors (Lipinski definition) is 5. The van der Waals surface area contributed by atoms with Gasteiger partial charge in [0.25, 0.3) is 0 Å². The minimum Gasteiger partial charge on any atom is -0.496 e. The minimum atomic E-state index is -0.537. The number of methoxy groups -OCH3 is 2. The maximum absolute atomic E-state index is 12.5. The Kier molecular flexibility index (Phi) is 6.88. The Morgan fingerprint density at radius 1 is 1.17 bits per heavy atom. The molecule has 2 atom stereocenters. The van der Waals surface area contributed by atoms with Gasteiger partial charge in [-0.25, -0.2) is 4.79 Å². The lowest BCUT2D eigenvalue weighted by Crippen LogP contribution is -2.45. The van der Waals surface area contributed by atoms with Gasteiger partial charge in [-0.05, 0) is 31.0 Å². The lowest BCUT2D eigenvalue weighted by molar-refractivity contribution is -0.0174. The van der Waals surface area contributed by atoms with Crippen molar-refractivity contribution < 1.29 is 19.0 Å². The highest BCUT2D eigenvalue weighted by Gasteiger charge is 2.45. The summed E-state index contributed by atoms with van der Waals surface area (Å²) in [5.74, 6) is 0.771. The molecule has 29 heavy (non-hydrogen) atoms. The second-order valence-corrected chi connectivity index (χ2v) is 7.18. The number of likely N-dealkylation sites (tertiary alicyclic amines) is 1. The van der Waals surface area contributed by atoms with Crippen LogP contribution in [0.1, 0.15) is 24.5 Å². The van der Waals surface area contributed by atoms with E-state index in [0.717, 1.165) is 16.9 Å². The van der Waals surface area contributed by atoms with Crippen LogP contribution in [-0.2, 0) is 16.1 Å². The van der Waals surface area contributed by atoms with Gasteiger partial charge in [0, 0.05) is 25.4 Å². The molecule has 1 fully saturated rings. The number of hydrogen-bond donors (Lipinski definition) is 0. The largest absolute Gasteiger partial charge is 0.496 e. The molecule has 0 aromatic heterocycles. The zero-order valence-electron chi connectivity index (χ0n) is 17.2. The fraction of sp³-hybridized carbons (Fsp3) is 0.391. The summed E-state index contributed by atoms with van der Waals surface area (Å²) >= 11 is 0. The number of nitrogens with zero attached hydrogens (tertiary/aromatic N) is 2. The Morgan fingerprint density at radius 2 is 1.90 bits per heavy atom. The third kappa shape index (κ3) is 4.95. The van der Waals surface area contributed by atoms with E-state index in [1.54, 1.807) is 25.3 Å². The van der Waals surface area contributed by atoms with Crippen LogP contribution in [0.2, 0.25) is 0 Å². The van der Waals surface area contributed by atoms with Crippen molar-refractivity contribution in [1.29, 1.82) is 0 Å². The SMILES string of the molecule is COc1ccccc1/C=N/C(C)C1(OC)CCN(C(=O)OCc2ccccc2)C1. The number of para-hydroxylation sites is 1. The van der Waals surface area contributed by atoms with Gasteiger partial charge in [0.05, 0.1) is 19.7 Å². The minimum absolute atomic E-state index is 0.135. The van der Waals surface area contributed by atoms with Crippen LogP contribution in [0.15, 0.2) is 59.6 Å². The maximum atomic E-state index is 12.5. The van der Waals surface area contributed by atoms with Crippen LogP contribution in [0, 0.1) is 0 Å². The zero-order valence-corrected chi connectivity index (χ0v) is 17.2. The fourth-order valence-electron chi connectivity index (χ4n) is 3.55. The number of carbonyl (C=O) groups is 1. The van der Waals surface area contributed by atoms with Crippen molar-refractivity contribution in [1.82, 2.24) is 4.90 Å². The van der Waals surface area contributed by atoms with E-state index < -0.39 is 5.60 Å². The molecular weight excluding hydrogens is 368 g/mol. The summed E-state index contributed by atoms with van der Waals surface area (Å²) in [5, 5.41) is 0. The van der Waals surface area contributed by atoms with Gasteiger partial charge in [0.2, 0.25) is 0 Å². The Labute approximate surface area is 172 Å². The lowest BCUT2D eigenvalue weighted by Gasteiger charge is -2.31. The summed E-state index contributed by atoms with van der Waals surface area (Å²) in [6.45, 7) is 3.30. The fourth-order valence-corrected chi connectivity index (χ4v) is 3.55. The maximum Gasteiger partial charge on any atom is 0.410 e. The average Bonchev–Trinajstić information content (AvgIpc) is 3.23. The first-order valence-electron chi connectivity index (χ1n) is 9.75. The van der Waals surface area contributed by atoms with Crippen LogP contribution in [0.5, 0.6) is 5.75 Å². The van der Waals surface area contributed by atoms with Gasteiger partial charge < -0.3 is 19.1 Å². The van der Waals surface area contributed by atoms with E-state index in [9.17, 15) is 4.79 Å². The standard InChI is InChI=1S/C23H28N2O4/c1-18(24-15-20-11-7-8-12-21(20)27-2)23(28-3)13-14-25(17-23)22(26)29-16-19-9-5-4-6-10-19/h4-12,15,18H,13-14,16-17H2,1-3H3/b24-15+. The van der Waals surface area contributed by atoms with Crippen LogP contribution in [-0.4, -0.2) is 56.2 Å². The third-order valence-electron chi connectivity index (χ3n) is 5.47. The van der Waals surface area contributed by atoms with E-state index in [1.807, 2.05) is 61.5 Å². The van der Waals surface area contributed by atoms with Gasteiger partial charge in [-0.15, -0.1) is 0 Å². The summed E-state index contributed by atoms with van der Waals surface area (Å²) in [6.07, 6.45) is 2.18. The van der Waals surface area contributed by atoms with Crippen molar-refractivity contribution in [2.75, 3.05) is 27.3 Å². The lowest BCUT2D eigenvalue weighted by atomic mass is 9.94. The smallest absolute Gasteiger partial charge is 0.410 e. The van der Waals surface area contributed by atoms with Gasteiger partial charge in [-0.1, -0.05) is 42.5 Å². The van der Waals surface area contributed by atoms with Crippen molar-refractivity contribution in [2.45, 2.75) is 31.6 Å². The van der Waals surface area contributed by atoms with Gasteiger partial charge in [0.1, 0.15) is 18.0 Å². The normalized spacial score (nSPS) is 20.0. The Hall–Kier alpha value is -2.86. The van der Waals surface area contributed by atoms with E-state index in [1.165, 1.54) is 0 Å². The molecule has 0 radical (unpaired) electrons. The Morgan fingerprint density at radius 3 is 2.62 bits per heavy atom. The van der Waals surface area contributed by atoms with Crippen molar-refractivity contribution in [3.63, 3.8) is 0 Å². The molecule has 0 N–H and O–H groups in total. The highest BCUT2D eigenvalue weighted by atomic mass is 16.6. The van der Waals surface area contributed by atoms with Crippen molar-refractivity contribution in [3.8, 4) is 5.75 Å². The summed E-state index contributed by atoms with van der Waals surface area (Å²) in [7, 11) is 3.32. The zero-order chi connectivity index (χ0) is 20.7. The molecule has 1 aliphatic heterocycles. The number of carbonyl (C=O) groups excluding carboxylic acids is 1. The van der Waals surface area contributed by atoms with Crippen LogP contribution in [0.3, 0.4) is 0 Å². The number of benzene rings is 2. The first kappa shape index (κ1) is 20.9. The van der Waals surface area contributed by atoms with Crippen LogP contribution in [0.25, 0.3) is 0 Å². The highest BCUT2D eigenvalue weighted by molar-refractivity contribution is 5.83. The number of rotatable bonds is 7. The van der Waals surface area contributed by atoms with Crippen LogP contribution in [0.4, 0.5) is 4.79 Å². The summed E-state index contributed by atoms with van der Waals surface area (Å²) in [5.41, 5.74) is 1.34. The molecule has 6 nitrogen and oxygen atoms in total. The quantitative estimate of drug-likeness (QED) is 0.666. The van der Waals surface area contributed by atoms with Crippen LogP contribution < -0.4 is 4.74 Å². The van der Waals surface area contributed by atoms with Crippen molar-refractivity contribution in [3.05, 3.63) is 65.7 Å². The first-order valence-corrected chi connectivity index (χ1v) is 9.75. The molecule has 0 bridgehead atoms. The average molecular weight is 396 g/mol. The van der Waals surface area contributed by atoms with Gasteiger partial charge in [-0.3, -0.25) is 4.99 Å². The Balaban J connectivity index is 1.62. The molecule has 0 saturated carbocycles. The summed E-state index contributed by atoms with van der Waals surface area (Å²) in [4.78, 5) is 18.9. The molecule has 2 unspecified atom stereocenters. The monoisotopic (exact) mass is 396 g/mol.